The number of hydrogen-bond donors (Lipinski definition) is 2. The smallest absolute Gasteiger partial charge is 0.410 e. The van der Waals surface area contributed by atoms with Crippen LogP contribution >= 0.6 is 0 Å². The highest BCUT2D eigenvalue weighted by Crippen LogP contribution is 2.19. The van der Waals surface area contributed by atoms with Crippen molar-refractivity contribution in [2.45, 2.75) is 39.2 Å². The predicted octanol–water partition coefficient (Wildman–Crippen LogP) is 2.59. The molecule has 0 radical (unpaired) electrons. The molecule has 7 heteroatoms. The molecule has 1 atom stereocenters. The van der Waals surface area contributed by atoms with E-state index in [0.29, 0.717) is 24.9 Å². The van der Waals surface area contributed by atoms with Crippen LogP contribution in [0.2, 0.25) is 0 Å². The van der Waals surface area contributed by atoms with Crippen LogP contribution in [0.3, 0.4) is 0 Å². The summed E-state index contributed by atoms with van der Waals surface area (Å²) >= 11 is 0. The summed E-state index contributed by atoms with van der Waals surface area (Å²) in [7, 11) is 0. The molecule has 0 aliphatic carbocycles. The van der Waals surface area contributed by atoms with Crippen LogP contribution in [-0.4, -0.2) is 46.6 Å². The van der Waals surface area contributed by atoms with Crippen molar-refractivity contribution in [3.05, 3.63) is 35.9 Å². The summed E-state index contributed by atoms with van der Waals surface area (Å²) in [5.74, 6) is -0.549. The van der Waals surface area contributed by atoms with Gasteiger partial charge < -0.3 is 20.2 Å². The summed E-state index contributed by atoms with van der Waals surface area (Å²) in [5.41, 5.74) is 0.0363. The standard InChI is InChI=1S/C18H25N3O4/c1-18(2,3)25-17(23)21-11-7-10-14(12-21)16(22)19-15(20-24)13-8-5-4-6-9-13/h4-6,8-9,14,24H,7,10-12H2,1-3H3,(H,19,20,22)/t14-/m0/s1. The van der Waals surface area contributed by atoms with Crippen molar-refractivity contribution < 1.29 is 19.5 Å². The molecule has 1 aromatic carbocycles. The number of amidine groups is 1. The van der Waals surface area contributed by atoms with Gasteiger partial charge in [0.15, 0.2) is 5.84 Å². The van der Waals surface area contributed by atoms with Gasteiger partial charge in [0.1, 0.15) is 5.60 Å². The number of nitrogens with one attached hydrogen (secondary N) is 1. The molecule has 0 spiro atoms. The van der Waals surface area contributed by atoms with E-state index >= 15 is 0 Å². The number of piperidine rings is 1. The van der Waals surface area contributed by atoms with Gasteiger partial charge in [-0.2, -0.15) is 0 Å². The molecule has 1 heterocycles. The Bertz CT molecular complexity index is 637. The van der Waals surface area contributed by atoms with Gasteiger partial charge in [-0.3, -0.25) is 4.79 Å². The fourth-order valence-electron chi connectivity index (χ4n) is 2.65. The molecule has 1 aromatic rings. The van der Waals surface area contributed by atoms with Gasteiger partial charge >= 0.3 is 6.09 Å². The van der Waals surface area contributed by atoms with Crippen molar-refractivity contribution in [3.8, 4) is 0 Å². The maximum Gasteiger partial charge on any atom is 0.410 e. The number of carbonyl (C=O) groups excluding carboxylic acids is 2. The molecule has 1 aliphatic rings. The Morgan fingerprint density at radius 2 is 1.96 bits per heavy atom. The lowest BCUT2D eigenvalue weighted by atomic mass is 9.97. The molecule has 7 nitrogen and oxygen atoms in total. The Balaban J connectivity index is 1.98. The summed E-state index contributed by atoms with van der Waals surface area (Å²) in [6.07, 6.45) is 0.969. The van der Waals surface area contributed by atoms with Crippen molar-refractivity contribution in [2.75, 3.05) is 13.1 Å². The van der Waals surface area contributed by atoms with Crippen LogP contribution in [-0.2, 0) is 9.53 Å². The van der Waals surface area contributed by atoms with Crippen molar-refractivity contribution >= 4 is 17.8 Å². The predicted molar refractivity (Wildman–Crippen MR) is 93.4 cm³/mol. The molecule has 1 aliphatic heterocycles. The minimum atomic E-state index is -0.573. The molecule has 0 bridgehead atoms. The Morgan fingerprint density at radius 1 is 1.28 bits per heavy atom. The topological polar surface area (TPSA) is 91.2 Å². The van der Waals surface area contributed by atoms with E-state index in [0.717, 1.165) is 0 Å². The quantitative estimate of drug-likeness (QED) is 0.372. The Hall–Kier alpha value is -2.57. The van der Waals surface area contributed by atoms with Gasteiger partial charge in [-0.1, -0.05) is 35.5 Å². The second-order valence-electron chi connectivity index (χ2n) is 7.07. The third-order valence-corrected chi connectivity index (χ3v) is 3.83. The number of amides is 2. The minimum Gasteiger partial charge on any atom is -0.444 e. The molecule has 2 N–H and O–H groups in total. The number of benzene rings is 1. The fraction of sp³-hybridized carbons (Fsp3) is 0.500. The first-order chi connectivity index (χ1) is 11.8. The maximum atomic E-state index is 12.5. The van der Waals surface area contributed by atoms with Crippen LogP contribution in [0.25, 0.3) is 0 Å². The summed E-state index contributed by atoms with van der Waals surface area (Å²) in [6, 6.07) is 8.89. The molecule has 136 valence electrons. The third kappa shape index (κ3) is 5.48. The average molecular weight is 347 g/mol. The van der Waals surface area contributed by atoms with Crippen molar-refractivity contribution in [2.24, 2.45) is 11.1 Å². The highest BCUT2D eigenvalue weighted by molar-refractivity contribution is 6.08. The zero-order valence-electron chi connectivity index (χ0n) is 14.9. The highest BCUT2D eigenvalue weighted by Gasteiger charge is 2.31. The zero-order valence-corrected chi connectivity index (χ0v) is 14.9. The zero-order chi connectivity index (χ0) is 18.4. The number of carbonyl (C=O) groups is 2. The third-order valence-electron chi connectivity index (χ3n) is 3.83. The summed E-state index contributed by atoms with van der Waals surface area (Å²) in [5, 5.41) is 15.0. The first-order valence-electron chi connectivity index (χ1n) is 8.36. The van der Waals surface area contributed by atoms with E-state index in [2.05, 4.69) is 10.5 Å². The molecular formula is C18H25N3O4. The van der Waals surface area contributed by atoms with Gasteiger partial charge in [0.05, 0.1) is 5.92 Å². The number of ether oxygens (including phenoxy) is 1. The summed E-state index contributed by atoms with van der Waals surface area (Å²) in [4.78, 5) is 26.3. The van der Waals surface area contributed by atoms with Crippen LogP contribution in [0.5, 0.6) is 0 Å². The first-order valence-corrected chi connectivity index (χ1v) is 8.36. The number of likely N-dealkylation sites (tertiary alicyclic amines) is 1. The van der Waals surface area contributed by atoms with Crippen LogP contribution in [0.15, 0.2) is 35.5 Å². The second kappa shape index (κ2) is 8.00. The highest BCUT2D eigenvalue weighted by atomic mass is 16.6. The van der Waals surface area contributed by atoms with Crippen LogP contribution in [0, 0.1) is 5.92 Å². The average Bonchev–Trinajstić information content (AvgIpc) is 2.59. The molecular weight excluding hydrogens is 322 g/mol. The first kappa shape index (κ1) is 18.8. The minimum absolute atomic E-state index is 0.0972. The largest absolute Gasteiger partial charge is 0.444 e. The lowest BCUT2D eigenvalue weighted by Gasteiger charge is -2.33. The number of hydrogen-bond acceptors (Lipinski definition) is 5. The molecule has 1 saturated heterocycles. The number of rotatable bonds is 2. The SMILES string of the molecule is CC(C)(C)OC(=O)N1CCC[C@H](C(=O)N/C(=N\O)c2ccccc2)C1. The molecule has 2 amide bonds. The summed E-state index contributed by atoms with van der Waals surface area (Å²) < 4.78 is 5.37. The molecule has 0 aromatic heterocycles. The number of nitrogens with zero attached hydrogens (tertiary/aromatic N) is 2. The van der Waals surface area contributed by atoms with Crippen LogP contribution in [0.4, 0.5) is 4.79 Å². The van der Waals surface area contributed by atoms with Crippen molar-refractivity contribution in [3.63, 3.8) is 0 Å². The van der Waals surface area contributed by atoms with E-state index in [-0.39, 0.29) is 24.2 Å². The van der Waals surface area contributed by atoms with Gasteiger partial charge in [-0.25, -0.2) is 4.79 Å². The molecule has 0 saturated carbocycles. The normalized spacial score (nSPS) is 18.6. The van der Waals surface area contributed by atoms with E-state index in [1.54, 1.807) is 29.2 Å². The molecule has 2 rings (SSSR count). The molecule has 1 fully saturated rings. The van der Waals surface area contributed by atoms with Crippen LogP contribution in [0.1, 0.15) is 39.2 Å². The van der Waals surface area contributed by atoms with E-state index in [1.807, 2.05) is 26.8 Å². The monoisotopic (exact) mass is 347 g/mol. The lowest BCUT2D eigenvalue weighted by molar-refractivity contribution is -0.125. The molecule has 0 unspecified atom stereocenters. The Kier molecular flexibility index (Phi) is 6.01. The van der Waals surface area contributed by atoms with E-state index in [4.69, 9.17) is 4.74 Å². The van der Waals surface area contributed by atoms with E-state index in [9.17, 15) is 14.8 Å². The van der Waals surface area contributed by atoms with Gasteiger partial charge in [-0.05, 0) is 33.6 Å². The fourth-order valence-corrected chi connectivity index (χ4v) is 2.65. The second-order valence-corrected chi connectivity index (χ2v) is 7.07. The Labute approximate surface area is 147 Å². The van der Waals surface area contributed by atoms with Gasteiger partial charge in [0.25, 0.3) is 0 Å². The van der Waals surface area contributed by atoms with Gasteiger partial charge in [-0.15, -0.1) is 0 Å². The maximum absolute atomic E-state index is 12.5. The lowest BCUT2D eigenvalue weighted by Crippen LogP contribution is -2.48. The Morgan fingerprint density at radius 3 is 2.56 bits per heavy atom. The van der Waals surface area contributed by atoms with E-state index < -0.39 is 11.7 Å². The summed E-state index contributed by atoms with van der Waals surface area (Å²) in [6.45, 7) is 6.28. The van der Waals surface area contributed by atoms with Gasteiger partial charge in [0, 0.05) is 18.7 Å². The van der Waals surface area contributed by atoms with Crippen molar-refractivity contribution in [1.29, 1.82) is 0 Å². The van der Waals surface area contributed by atoms with Crippen molar-refractivity contribution in [1.82, 2.24) is 10.2 Å². The van der Waals surface area contributed by atoms with E-state index in [1.165, 1.54) is 0 Å². The van der Waals surface area contributed by atoms with Crippen LogP contribution < -0.4 is 5.32 Å². The van der Waals surface area contributed by atoms with Gasteiger partial charge in [0.2, 0.25) is 5.91 Å². The number of oxime groups is 1. The molecule has 25 heavy (non-hydrogen) atoms.